The lowest BCUT2D eigenvalue weighted by atomic mass is 9.70. The number of alkyl halides is 1. The van der Waals surface area contributed by atoms with Crippen LogP contribution >= 0.6 is 15.9 Å². The predicted octanol–water partition coefficient (Wildman–Crippen LogP) is -0.186. The Morgan fingerprint density at radius 3 is 2.60 bits per heavy atom. The van der Waals surface area contributed by atoms with Gasteiger partial charge in [0.15, 0.2) is 0 Å². The van der Waals surface area contributed by atoms with Gasteiger partial charge < -0.3 is 30.1 Å². The van der Waals surface area contributed by atoms with Gasteiger partial charge in [0.2, 0.25) is 17.7 Å². The van der Waals surface area contributed by atoms with Gasteiger partial charge in [0.25, 0.3) is 0 Å². The third kappa shape index (κ3) is 4.37. The number of carbonyl (C=O) groups excluding carboxylic acids is 3. The number of anilines is 1. The van der Waals surface area contributed by atoms with E-state index in [1.165, 1.54) is 4.90 Å². The number of benzene rings is 1. The number of nitrogens with zero attached hydrogens (tertiary/aromatic N) is 2. The highest BCUT2D eigenvalue weighted by molar-refractivity contribution is 9.09. The number of hydrogen-bond acceptors (Lipinski definition) is 7. The number of likely N-dealkylation sites (tertiary alicyclic amines) is 1. The molecule has 4 heterocycles. The molecule has 0 aliphatic carbocycles. The predicted molar refractivity (Wildman–Crippen MR) is 130 cm³/mol. The van der Waals surface area contributed by atoms with Gasteiger partial charge in [-0.2, -0.15) is 0 Å². The molecule has 6 atom stereocenters. The number of aliphatic hydroxyl groups is 1. The number of nitrogens with one attached hydrogen (secondary N) is 2. The molecule has 0 saturated carbocycles. The second-order valence-electron chi connectivity index (χ2n) is 9.52. The lowest BCUT2D eigenvalue weighted by molar-refractivity contribution is -0.141. The summed E-state index contributed by atoms with van der Waals surface area (Å²) in [7, 11) is 0. The van der Waals surface area contributed by atoms with Crippen LogP contribution in [0.25, 0.3) is 0 Å². The van der Waals surface area contributed by atoms with Crippen molar-refractivity contribution in [3.05, 3.63) is 30.3 Å². The zero-order valence-corrected chi connectivity index (χ0v) is 21.0. The van der Waals surface area contributed by atoms with Crippen LogP contribution in [0, 0.1) is 11.8 Å². The molecule has 5 rings (SSSR count). The van der Waals surface area contributed by atoms with Crippen molar-refractivity contribution in [3.63, 3.8) is 0 Å². The Morgan fingerprint density at radius 2 is 1.89 bits per heavy atom. The number of halogens is 1. The third-order valence-corrected chi connectivity index (χ3v) is 8.40. The minimum atomic E-state index is -1.12. The molecule has 3 amide bonds. The normalized spacial score (nSPS) is 34.2. The number of fused-ring (bicyclic) bond motifs is 1. The number of hydrogen-bond donors (Lipinski definition) is 3. The van der Waals surface area contributed by atoms with Crippen molar-refractivity contribution in [1.29, 1.82) is 0 Å². The summed E-state index contributed by atoms with van der Waals surface area (Å²) >= 11 is 3.65. The molecule has 190 valence electrons. The van der Waals surface area contributed by atoms with Crippen LogP contribution in [0.1, 0.15) is 6.42 Å². The fourth-order valence-corrected chi connectivity index (χ4v) is 7.03. The molecule has 3 N–H and O–H groups in total. The number of para-hydroxylation sites is 1. The van der Waals surface area contributed by atoms with Crippen LogP contribution in [0.2, 0.25) is 0 Å². The number of β-amino-alcohol motifs (C(OH)–C–C–N with tert-alkyl or cyclic N) is 1. The van der Waals surface area contributed by atoms with E-state index in [1.807, 2.05) is 18.2 Å². The number of rotatable bonds is 8. The molecule has 1 aromatic carbocycles. The van der Waals surface area contributed by atoms with Gasteiger partial charge in [0.05, 0.1) is 37.8 Å². The number of carbonyl (C=O) groups is 3. The molecule has 10 nitrogen and oxygen atoms in total. The topological polar surface area (TPSA) is 120 Å². The van der Waals surface area contributed by atoms with E-state index in [-0.39, 0.29) is 35.7 Å². The van der Waals surface area contributed by atoms with Crippen molar-refractivity contribution in [2.45, 2.75) is 29.0 Å². The highest BCUT2D eigenvalue weighted by Gasteiger charge is 2.76. The van der Waals surface area contributed by atoms with Crippen molar-refractivity contribution < 1.29 is 29.0 Å². The molecule has 4 aliphatic rings. The molecule has 11 heteroatoms. The molecule has 1 spiro atoms. The van der Waals surface area contributed by atoms with Crippen molar-refractivity contribution >= 4 is 39.3 Å². The molecule has 1 aromatic rings. The fourth-order valence-electron chi connectivity index (χ4n) is 6.08. The maximum absolute atomic E-state index is 13.6. The average molecular weight is 551 g/mol. The molecule has 2 bridgehead atoms. The monoisotopic (exact) mass is 550 g/mol. The van der Waals surface area contributed by atoms with Crippen LogP contribution in [-0.2, 0) is 23.9 Å². The fraction of sp³-hybridized carbons (Fsp3) is 0.625. The van der Waals surface area contributed by atoms with Crippen molar-refractivity contribution in [2.75, 3.05) is 57.9 Å². The van der Waals surface area contributed by atoms with Crippen molar-refractivity contribution in [1.82, 2.24) is 15.1 Å². The maximum Gasteiger partial charge on any atom is 0.245 e. The van der Waals surface area contributed by atoms with Crippen LogP contribution in [-0.4, -0.2) is 108 Å². The van der Waals surface area contributed by atoms with E-state index in [4.69, 9.17) is 9.47 Å². The lowest BCUT2D eigenvalue weighted by Crippen LogP contribution is -2.56. The minimum absolute atomic E-state index is 0.00658. The first-order valence-electron chi connectivity index (χ1n) is 12.1. The minimum Gasteiger partial charge on any atom is -0.395 e. The van der Waals surface area contributed by atoms with Crippen LogP contribution in [0.4, 0.5) is 5.69 Å². The first kappa shape index (κ1) is 24.6. The number of morpholine rings is 1. The van der Waals surface area contributed by atoms with E-state index in [0.29, 0.717) is 38.4 Å². The highest BCUT2D eigenvalue weighted by Crippen LogP contribution is 2.60. The third-order valence-electron chi connectivity index (χ3n) is 7.55. The van der Waals surface area contributed by atoms with Gasteiger partial charge in [-0.3, -0.25) is 19.3 Å². The zero-order valence-electron chi connectivity index (χ0n) is 19.4. The molecule has 35 heavy (non-hydrogen) atoms. The molecule has 4 aliphatic heterocycles. The molecular formula is C24H31BrN4O6. The Bertz CT molecular complexity index is 961. The van der Waals surface area contributed by atoms with E-state index in [0.717, 1.165) is 13.1 Å². The molecular weight excluding hydrogens is 520 g/mol. The van der Waals surface area contributed by atoms with E-state index >= 15 is 0 Å². The SMILES string of the molecule is O=C(NCCN1CCOCC1)C1N(CCO)C(=O)[C@@H]2[C@@H](C(=O)Nc3ccccc3)[C@@H]3OC12CC3Br. The molecule has 0 aromatic heterocycles. The second kappa shape index (κ2) is 10.1. The van der Waals surface area contributed by atoms with Gasteiger partial charge in [0, 0.05) is 43.2 Å². The van der Waals surface area contributed by atoms with E-state index in [2.05, 4.69) is 31.5 Å². The van der Waals surface area contributed by atoms with E-state index in [9.17, 15) is 19.5 Å². The maximum atomic E-state index is 13.6. The summed E-state index contributed by atoms with van der Waals surface area (Å²) in [6.45, 7) is 3.81. The highest BCUT2D eigenvalue weighted by atomic mass is 79.9. The van der Waals surface area contributed by atoms with Crippen molar-refractivity contribution in [2.24, 2.45) is 11.8 Å². The summed E-state index contributed by atoms with van der Waals surface area (Å²) in [5.74, 6) is -2.46. The molecule has 3 unspecified atom stereocenters. The van der Waals surface area contributed by atoms with E-state index < -0.39 is 29.6 Å². The van der Waals surface area contributed by atoms with Gasteiger partial charge in [-0.25, -0.2) is 0 Å². The second-order valence-corrected chi connectivity index (χ2v) is 10.7. The van der Waals surface area contributed by atoms with E-state index in [1.54, 1.807) is 12.1 Å². The summed E-state index contributed by atoms with van der Waals surface area (Å²) in [5.41, 5.74) is -0.483. The first-order chi connectivity index (χ1) is 17.0. The summed E-state index contributed by atoms with van der Waals surface area (Å²) in [6, 6.07) is 8.16. The molecule has 4 fully saturated rings. The van der Waals surface area contributed by atoms with Gasteiger partial charge in [0.1, 0.15) is 11.6 Å². The Balaban J connectivity index is 1.36. The molecule has 0 radical (unpaired) electrons. The largest absolute Gasteiger partial charge is 0.395 e. The summed E-state index contributed by atoms with van der Waals surface area (Å²) in [5, 5.41) is 15.6. The summed E-state index contributed by atoms with van der Waals surface area (Å²) in [6.07, 6.45) is -0.0836. The smallest absolute Gasteiger partial charge is 0.245 e. The van der Waals surface area contributed by atoms with Crippen LogP contribution in [0.15, 0.2) is 30.3 Å². The Kier molecular flexibility index (Phi) is 7.13. The Morgan fingerprint density at radius 1 is 1.14 bits per heavy atom. The summed E-state index contributed by atoms with van der Waals surface area (Å²) in [4.78, 5) is 43.9. The van der Waals surface area contributed by atoms with Gasteiger partial charge in [-0.15, -0.1) is 0 Å². The van der Waals surface area contributed by atoms with Crippen molar-refractivity contribution in [3.8, 4) is 0 Å². The Labute approximate surface area is 212 Å². The average Bonchev–Trinajstić information content (AvgIpc) is 3.44. The lowest BCUT2D eigenvalue weighted by Gasteiger charge is -2.34. The number of ether oxygens (including phenoxy) is 2. The first-order valence-corrected chi connectivity index (χ1v) is 13.0. The van der Waals surface area contributed by atoms with Gasteiger partial charge >= 0.3 is 0 Å². The zero-order chi connectivity index (χ0) is 24.6. The number of aliphatic hydroxyl groups excluding tert-OH is 1. The van der Waals surface area contributed by atoms with Gasteiger partial charge in [-0.05, 0) is 18.6 Å². The number of amides is 3. The van der Waals surface area contributed by atoms with Crippen LogP contribution < -0.4 is 10.6 Å². The standard InChI is InChI=1S/C24H31BrN4O6/c25-16-14-24-18(17(19(16)35-24)21(31)27-15-4-2-1-3-5-15)23(33)29(8-11-30)20(24)22(32)26-6-7-28-9-12-34-13-10-28/h1-5,16-20,30H,6-14H2,(H,26,32)(H,27,31)/t16?,17-,18+,19-,20?,24?/m1/s1. The van der Waals surface area contributed by atoms with Crippen LogP contribution in [0.3, 0.4) is 0 Å². The van der Waals surface area contributed by atoms with Gasteiger partial charge in [-0.1, -0.05) is 34.1 Å². The quantitative estimate of drug-likeness (QED) is 0.384. The Hall–Kier alpha value is -2.05. The summed E-state index contributed by atoms with van der Waals surface area (Å²) < 4.78 is 11.8. The van der Waals surface area contributed by atoms with Crippen LogP contribution in [0.5, 0.6) is 0 Å². The molecule has 4 saturated heterocycles.